The molecule has 3 heteroatoms. The molecule has 18 heavy (non-hydrogen) atoms. The fourth-order valence-electron chi connectivity index (χ4n) is 2.41. The second-order valence-electron chi connectivity index (χ2n) is 4.75. The number of nitrogens with zero attached hydrogens (tertiary/aromatic N) is 1. The molecule has 2 N–H and O–H groups in total. The summed E-state index contributed by atoms with van der Waals surface area (Å²) in [5, 5.41) is 0. The highest BCUT2D eigenvalue weighted by atomic mass is 16.1. The van der Waals surface area contributed by atoms with Gasteiger partial charge in [0, 0.05) is 29.2 Å². The Hall–Kier alpha value is -2.03. The maximum absolute atomic E-state index is 11.5. The van der Waals surface area contributed by atoms with Crippen LogP contribution in [0, 0.1) is 27.7 Å². The lowest BCUT2D eigenvalue weighted by atomic mass is 10.1. The second-order valence-corrected chi connectivity index (χ2v) is 4.75. The van der Waals surface area contributed by atoms with Gasteiger partial charge in [-0.2, -0.15) is 0 Å². The van der Waals surface area contributed by atoms with Gasteiger partial charge < -0.3 is 10.3 Å². The van der Waals surface area contributed by atoms with Crippen LogP contribution in [0.1, 0.15) is 22.5 Å². The van der Waals surface area contributed by atoms with Crippen LogP contribution < -0.4 is 11.2 Å². The van der Waals surface area contributed by atoms with Crippen molar-refractivity contribution in [3.63, 3.8) is 0 Å². The summed E-state index contributed by atoms with van der Waals surface area (Å²) < 4.78 is 2.09. The summed E-state index contributed by atoms with van der Waals surface area (Å²) in [6, 6.07) is 7.22. The third-order valence-corrected chi connectivity index (χ3v) is 3.31. The summed E-state index contributed by atoms with van der Waals surface area (Å²) in [4.78, 5) is 11.5. The summed E-state index contributed by atoms with van der Waals surface area (Å²) in [7, 11) is 0. The fraction of sp³-hybridized carbons (Fsp3) is 0.267. The molecule has 0 radical (unpaired) electrons. The number of aryl methyl sites for hydroxylation is 3. The fourth-order valence-corrected chi connectivity index (χ4v) is 2.41. The first-order valence-corrected chi connectivity index (χ1v) is 5.98. The van der Waals surface area contributed by atoms with Crippen LogP contribution in [-0.4, -0.2) is 4.57 Å². The van der Waals surface area contributed by atoms with E-state index >= 15 is 0 Å². The van der Waals surface area contributed by atoms with Gasteiger partial charge in [0.25, 0.3) is 0 Å². The quantitative estimate of drug-likeness (QED) is 0.781. The van der Waals surface area contributed by atoms with Crippen LogP contribution in [0.5, 0.6) is 0 Å². The van der Waals surface area contributed by atoms with E-state index in [0.717, 1.165) is 33.9 Å². The highest BCUT2D eigenvalue weighted by Gasteiger charge is 2.11. The van der Waals surface area contributed by atoms with E-state index in [1.807, 2.05) is 32.9 Å². The first-order chi connectivity index (χ1) is 8.41. The molecule has 0 bridgehead atoms. The minimum absolute atomic E-state index is 0.0421. The average molecular weight is 242 g/mol. The first kappa shape index (κ1) is 12.4. The molecule has 0 aliphatic heterocycles. The van der Waals surface area contributed by atoms with Crippen LogP contribution in [0.2, 0.25) is 0 Å². The lowest BCUT2D eigenvalue weighted by Gasteiger charge is -2.20. The van der Waals surface area contributed by atoms with Crippen molar-refractivity contribution in [2.75, 3.05) is 5.73 Å². The number of rotatable bonds is 1. The smallest absolute Gasteiger partial charge is 0.182 e. The van der Waals surface area contributed by atoms with E-state index in [0.29, 0.717) is 0 Å². The highest BCUT2D eigenvalue weighted by Crippen LogP contribution is 2.25. The van der Waals surface area contributed by atoms with Crippen LogP contribution >= 0.6 is 0 Å². The molecular weight excluding hydrogens is 224 g/mol. The van der Waals surface area contributed by atoms with Gasteiger partial charge in [0.2, 0.25) is 0 Å². The van der Waals surface area contributed by atoms with Crippen molar-refractivity contribution in [3.05, 3.63) is 57.0 Å². The van der Waals surface area contributed by atoms with Gasteiger partial charge in [0.05, 0.1) is 5.69 Å². The normalized spacial score (nSPS) is 10.7. The molecule has 0 aliphatic rings. The van der Waals surface area contributed by atoms with Gasteiger partial charge in [-0.25, -0.2) is 0 Å². The molecule has 94 valence electrons. The number of benzene rings is 1. The molecule has 1 aromatic heterocycles. The predicted octanol–water partition coefficient (Wildman–Crippen LogP) is 2.65. The SMILES string of the molecule is Cc1ccc(N)c(C)c1-n1c(C)cc(=O)cc1C. The van der Waals surface area contributed by atoms with Crippen molar-refractivity contribution in [2.45, 2.75) is 27.7 Å². The maximum atomic E-state index is 11.5. The highest BCUT2D eigenvalue weighted by molar-refractivity contribution is 5.61. The molecule has 0 amide bonds. The van der Waals surface area contributed by atoms with E-state index in [9.17, 15) is 4.79 Å². The zero-order valence-electron chi connectivity index (χ0n) is 11.2. The summed E-state index contributed by atoms with van der Waals surface area (Å²) in [5.74, 6) is 0. The third-order valence-electron chi connectivity index (χ3n) is 3.31. The Balaban J connectivity index is 2.86. The number of nitrogens with two attached hydrogens (primary N) is 1. The van der Waals surface area contributed by atoms with Crippen LogP contribution in [0.3, 0.4) is 0 Å². The van der Waals surface area contributed by atoms with Gasteiger partial charge in [0.1, 0.15) is 0 Å². The second kappa shape index (κ2) is 4.33. The lowest BCUT2D eigenvalue weighted by Crippen LogP contribution is -2.14. The molecule has 2 rings (SSSR count). The minimum Gasteiger partial charge on any atom is -0.398 e. The molecule has 0 unspecified atom stereocenters. The van der Waals surface area contributed by atoms with E-state index in [4.69, 9.17) is 5.73 Å². The number of hydrogen-bond acceptors (Lipinski definition) is 2. The van der Waals surface area contributed by atoms with Crippen LogP contribution in [-0.2, 0) is 0 Å². The Morgan fingerprint density at radius 2 is 1.56 bits per heavy atom. The molecule has 0 spiro atoms. The van der Waals surface area contributed by atoms with Crippen LogP contribution in [0.15, 0.2) is 29.1 Å². The molecule has 1 aromatic carbocycles. The van der Waals surface area contributed by atoms with Gasteiger partial charge in [-0.3, -0.25) is 4.79 Å². The molecule has 1 heterocycles. The van der Waals surface area contributed by atoms with Crippen molar-refractivity contribution in [2.24, 2.45) is 0 Å². The summed E-state index contributed by atoms with van der Waals surface area (Å²) in [6.45, 7) is 7.94. The first-order valence-electron chi connectivity index (χ1n) is 5.98. The molecule has 2 aromatic rings. The molecule has 0 saturated carbocycles. The predicted molar refractivity (Wildman–Crippen MR) is 75.4 cm³/mol. The van der Waals surface area contributed by atoms with Crippen molar-refractivity contribution < 1.29 is 0 Å². The molecule has 0 atom stereocenters. The Morgan fingerprint density at radius 3 is 2.11 bits per heavy atom. The Kier molecular flexibility index (Phi) is 2.99. The van der Waals surface area contributed by atoms with Crippen LogP contribution in [0.25, 0.3) is 5.69 Å². The molecule has 3 nitrogen and oxygen atoms in total. The third kappa shape index (κ3) is 1.92. The van der Waals surface area contributed by atoms with E-state index in [1.165, 1.54) is 0 Å². The van der Waals surface area contributed by atoms with Gasteiger partial charge in [-0.05, 0) is 44.9 Å². The number of aromatic nitrogens is 1. The Morgan fingerprint density at radius 1 is 1.00 bits per heavy atom. The van der Waals surface area contributed by atoms with E-state index < -0.39 is 0 Å². The Bertz CT molecular complexity index is 643. The maximum Gasteiger partial charge on any atom is 0.182 e. The number of hydrogen-bond donors (Lipinski definition) is 1. The summed E-state index contributed by atoms with van der Waals surface area (Å²) in [5.41, 5.74) is 11.9. The molecule has 0 saturated heterocycles. The van der Waals surface area contributed by atoms with Crippen molar-refractivity contribution >= 4 is 5.69 Å². The molecular formula is C15H18N2O. The summed E-state index contributed by atoms with van der Waals surface area (Å²) in [6.07, 6.45) is 0. The monoisotopic (exact) mass is 242 g/mol. The largest absolute Gasteiger partial charge is 0.398 e. The van der Waals surface area contributed by atoms with Crippen LogP contribution in [0.4, 0.5) is 5.69 Å². The number of nitrogen functional groups attached to an aromatic ring is 1. The van der Waals surface area contributed by atoms with E-state index in [-0.39, 0.29) is 5.43 Å². The van der Waals surface area contributed by atoms with Gasteiger partial charge in [0.15, 0.2) is 5.43 Å². The Labute approximate surface area is 107 Å². The number of pyridine rings is 1. The van der Waals surface area contributed by atoms with Gasteiger partial charge >= 0.3 is 0 Å². The lowest BCUT2D eigenvalue weighted by molar-refractivity contribution is 0.906. The average Bonchev–Trinajstić information content (AvgIpc) is 2.27. The zero-order valence-corrected chi connectivity index (χ0v) is 11.2. The van der Waals surface area contributed by atoms with E-state index in [1.54, 1.807) is 12.1 Å². The van der Waals surface area contributed by atoms with Crippen molar-refractivity contribution in [1.29, 1.82) is 0 Å². The molecule has 0 aliphatic carbocycles. The standard InChI is InChI=1S/C15H18N2O/c1-9-5-6-14(16)12(4)15(9)17-10(2)7-13(18)8-11(17)3/h5-8H,16H2,1-4H3. The van der Waals surface area contributed by atoms with Gasteiger partial charge in [-0.1, -0.05) is 6.07 Å². The summed E-state index contributed by atoms with van der Waals surface area (Å²) >= 11 is 0. The number of anilines is 1. The van der Waals surface area contributed by atoms with E-state index in [2.05, 4.69) is 11.5 Å². The van der Waals surface area contributed by atoms with Gasteiger partial charge in [-0.15, -0.1) is 0 Å². The minimum atomic E-state index is 0.0421. The van der Waals surface area contributed by atoms with Crippen molar-refractivity contribution in [1.82, 2.24) is 4.57 Å². The van der Waals surface area contributed by atoms with Crippen molar-refractivity contribution in [3.8, 4) is 5.69 Å². The zero-order chi connectivity index (χ0) is 13.4. The molecule has 0 fully saturated rings. The topological polar surface area (TPSA) is 48.0 Å².